The Hall–Kier alpha value is -2.35. The second kappa shape index (κ2) is 7.11. The van der Waals surface area contributed by atoms with Gasteiger partial charge in [-0.1, -0.05) is 18.9 Å². The van der Waals surface area contributed by atoms with E-state index in [0.717, 1.165) is 43.6 Å². The number of hydrogen-bond donors (Lipinski definition) is 1. The predicted molar refractivity (Wildman–Crippen MR) is 95.3 cm³/mol. The minimum absolute atomic E-state index is 0.0384. The number of rotatable bonds is 3. The highest BCUT2D eigenvalue weighted by Crippen LogP contribution is 2.36. The maximum Gasteiger partial charge on any atom is 0.338 e. The van der Waals surface area contributed by atoms with Crippen molar-refractivity contribution in [2.24, 2.45) is 0 Å². The lowest BCUT2D eigenvalue weighted by atomic mass is 10.0. The van der Waals surface area contributed by atoms with Gasteiger partial charge in [-0.15, -0.1) is 11.3 Å². The summed E-state index contributed by atoms with van der Waals surface area (Å²) in [7, 11) is 0. The number of nitrogens with one attached hydrogen (secondary N) is 1. The van der Waals surface area contributed by atoms with Gasteiger partial charge in [0.25, 0.3) is 0 Å². The lowest BCUT2D eigenvalue weighted by molar-refractivity contribution is -0.136. The Bertz CT molecular complexity index is 750. The van der Waals surface area contributed by atoms with Crippen LogP contribution in [-0.2, 0) is 14.3 Å². The zero-order valence-corrected chi connectivity index (χ0v) is 15.2. The van der Waals surface area contributed by atoms with E-state index in [1.54, 1.807) is 0 Å². The third-order valence-corrected chi connectivity index (χ3v) is 6.02. The van der Waals surface area contributed by atoms with Gasteiger partial charge in [0, 0.05) is 18.0 Å². The normalized spacial score (nSPS) is 23.5. The van der Waals surface area contributed by atoms with Gasteiger partial charge in [-0.3, -0.25) is 9.69 Å². The van der Waals surface area contributed by atoms with Gasteiger partial charge in [-0.25, -0.2) is 9.59 Å². The number of hydrogen-bond acceptors (Lipinski definition) is 5. The molecule has 0 bridgehead atoms. The molecule has 1 N–H and O–H groups in total. The first-order valence-electron chi connectivity index (χ1n) is 8.94. The minimum Gasteiger partial charge on any atom is -0.456 e. The van der Waals surface area contributed by atoms with Crippen LogP contribution >= 0.6 is 11.3 Å². The topological polar surface area (TPSA) is 79.0 Å². The molecule has 26 heavy (non-hydrogen) atoms. The van der Waals surface area contributed by atoms with Crippen LogP contribution in [0.5, 0.6) is 0 Å². The lowest BCUT2D eigenvalue weighted by Gasteiger charge is -2.33. The molecule has 4 heterocycles. The first kappa shape index (κ1) is 17.1. The summed E-state index contributed by atoms with van der Waals surface area (Å²) in [6.07, 6.45) is 4.25. The molecule has 0 aliphatic carbocycles. The highest BCUT2D eigenvalue weighted by molar-refractivity contribution is 7.10. The number of cyclic esters (lactones) is 1. The van der Waals surface area contributed by atoms with E-state index in [2.05, 4.69) is 5.32 Å². The van der Waals surface area contributed by atoms with Crippen LogP contribution in [0.1, 0.15) is 36.6 Å². The average Bonchev–Trinajstić information content (AvgIpc) is 3.20. The Labute approximate surface area is 155 Å². The van der Waals surface area contributed by atoms with Crippen molar-refractivity contribution in [3.63, 3.8) is 0 Å². The smallest absolute Gasteiger partial charge is 0.338 e. The van der Waals surface area contributed by atoms with Crippen molar-refractivity contribution >= 4 is 29.2 Å². The standard InChI is InChI=1S/C18H21N3O4S/c22-14(20-7-3-1-2-4-8-20)10-21-12-11-25-17(23)15(12)16(19-18(21)24)13-6-5-9-26-13/h5-6,9,16H,1-4,7-8,10-11H2,(H,19,24)/t16-/m0/s1. The number of urea groups is 1. The number of nitrogens with zero attached hydrogens (tertiary/aromatic N) is 2. The predicted octanol–water partition coefficient (Wildman–Crippen LogP) is 2.03. The molecule has 7 nitrogen and oxygen atoms in total. The van der Waals surface area contributed by atoms with Crippen LogP contribution in [0.4, 0.5) is 4.79 Å². The van der Waals surface area contributed by atoms with Crippen LogP contribution in [0.25, 0.3) is 0 Å². The van der Waals surface area contributed by atoms with Crippen molar-refractivity contribution in [1.82, 2.24) is 15.1 Å². The second-order valence-electron chi connectivity index (χ2n) is 6.72. The summed E-state index contributed by atoms with van der Waals surface area (Å²) in [5.41, 5.74) is 0.955. The van der Waals surface area contributed by atoms with Gasteiger partial charge in [-0.05, 0) is 24.3 Å². The van der Waals surface area contributed by atoms with Crippen LogP contribution in [0.2, 0.25) is 0 Å². The number of esters is 1. The molecule has 0 saturated carbocycles. The monoisotopic (exact) mass is 375 g/mol. The number of thiophene rings is 1. The van der Waals surface area contributed by atoms with Crippen molar-refractivity contribution in [2.75, 3.05) is 26.2 Å². The Balaban J connectivity index is 1.58. The van der Waals surface area contributed by atoms with Crippen LogP contribution in [0.3, 0.4) is 0 Å². The molecule has 1 fully saturated rings. The molecule has 3 aliphatic heterocycles. The maximum absolute atomic E-state index is 12.7. The first-order chi connectivity index (χ1) is 12.6. The molecule has 1 aromatic heterocycles. The molecule has 0 spiro atoms. The third kappa shape index (κ3) is 3.09. The molecule has 0 unspecified atom stereocenters. The highest BCUT2D eigenvalue weighted by Gasteiger charge is 2.43. The Kier molecular flexibility index (Phi) is 4.67. The van der Waals surface area contributed by atoms with Crippen molar-refractivity contribution in [3.8, 4) is 0 Å². The van der Waals surface area contributed by atoms with Gasteiger partial charge in [0.05, 0.1) is 17.3 Å². The number of likely N-dealkylation sites (tertiary alicyclic amines) is 1. The summed E-state index contributed by atoms with van der Waals surface area (Å²) in [6, 6.07) is 2.90. The number of amides is 3. The van der Waals surface area contributed by atoms with Gasteiger partial charge < -0.3 is 15.0 Å². The van der Waals surface area contributed by atoms with E-state index in [1.165, 1.54) is 16.2 Å². The summed E-state index contributed by atoms with van der Waals surface area (Å²) in [5.74, 6) is -0.506. The first-order valence-corrected chi connectivity index (χ1v) is 9.82. The van der Waals surface area contributed by atoms with Crippen LogP contribution in [0.15, 0.2) is 28.8 Å². The highest BCUT2D eigenvalue weighted by atomic mass is 32.1. The molecule has 1 atom stereocenters. The van der Waals surface area contributed by atoms with Crippen molar-refractivity contribution in [3.05, 3.63) is 33.7 Å². The molecule has 0 aromatic carbocycles. The fraction of sp³-hybridized carbons (Fsp3) is 0.500. The van der Waals surface area contributed by atoms with E-state index < -0.39 is 12.0 Å². The zero-order valence-electron chi connectivity index (χ0n) is 14.4. The summed E-state index contributed by atoms with van der Waals surface area (Å²) < 4.78 is 5.19. The summed E-state index contributed by atoms with van der Waals surface area (Å²) in [4.78, 5) is 41.7. The summed E-state index contributed by atoms with van der Waals surface area (Å²) in [5, 5.41) is 4.76. The fourth-order valence-electron chi connectivity index (χ4n) is 3.70. The van der Waals surface area contributed by atoms with E-state index >= 15 is 0 Å². The van der Waals surface area contributed by atoms with Crippen molar-refractivity contribution in [1.29, 1.82) is 0 Å². The van der Waals surface area contributed by atoms with E-state index in [9.17, 15) is 14.4 Å². The van der Waals surface area contributed by atoms with Crippen LogP contribution in [-0.4, -0.2) is 53.9 Å². The van der Waals surface area contributed by atoms with Gasteiger partial charge in [-0.2, -0.15) is 0 Å². The third-order valence-electron chi connectivity index (χ3n) is 5.08. The largest absolute Gasteiger partial charge is 0.456 e. The van der Waals surface area contributed by atoms with E-state index in [-0.39, 0.29) is 25.1 Å². The molecule has 138 valence electrons. The number of ether oxygens (including phenoxy) is 1. The van der Waals surface area contributed by atoms with Crippen molar-refractivity contribution in [2.45, 2.75) is 31.7 Å². The SMILES string of the molecule is O=C1OCC2=C1[C@H](c1cccs1)NC(=O)N2CC(=O)N1CCCCCC1. The molecule has 8 heteroatoms. The molecule has 0 radical (unpaired) electrons. The molecule has 3 aliphatic rings. The number of carbonyl (C=O) groups excluding carboxylic acids is 3. The van der Waals surface area contributed by atoms with Gasteiger partial charge in [0.2, 0.25) is 5.91 Å². The van der Waals surface area contributed by atoms with Gasteiger partial charge in [0.1, 0.15) is 13.2 Å². The molecule has 1 aromatic rings. The summed E-state index contributed by atoms with van der Waals surface area (Å²) >= 11 is 1.47. The van der Waals surface area contributed by atoms with Gasteiger partial charge in [0.15, 0.2) is 0 Å². The molecule has 3 amide bonds. The average molecular weight is 375 g/mol. The van der Waals surface area contributed by atoms with Crippen molar-refractivity contribution < 1.29 is 19.1 Å². The van der Waals surface area contributed by atoms with E-state index in [1.807, 2.05) is 22.4 Å². The Morgan fingerprint density at radius 3 is 2.69 bits per heavy atom. The molecular formula is C18H21N3O4S. The minimum atomic E-state index is -0.503. The Morgan fingerprint density at radius 2 is 2.00 bits per heavy atom. The second-order valence-corrected chi connectivity index (χ2v) is 7.69. The van der Waals surface area contributed by atoms with Gasteiger partial charge >= 0.3 is 12.0 Å². The molecule has 4 rings (SSSR count). The van der Waals surface area contributed by atoms with E-state index in [4.69, 9.17) is 4.74 Å². The van der Waals surface area contributed by atoms with E-state index in [0.29, 0.717) is 11.3 Å². The fourth-order valence-corrected chi connectivity index (χ4v) is 4.49. The van der Waals surface area contributed by atoms with Crippen LogP contribution < -0.4 is 5.32 Å². The summed E-state index contributed by atoms with van der Waals surface area (Å²) in [6.45, 7) is 1.44. The molecule has 1 saturated heterocycles. The lowest BCUT2D eigenvalue weighted by Crippen LogP contribution is -2.51. The Morgan fingerprint density at radius 1 is 1.23 bits per heavy atom. The number of carbonyl (C=O) groups is 3. The molecular weight excluding hydrogens is 354 g/mol. The maximum atomic E-state index is 12.7. The van der Waals surface area contributed by atoms with Crippen LogP contribution in [0, 0.1) is 0 Å². The zero-order chi connectivity index (χ0) is 18.1. The quantitative estimate of drug-likeness (QED) is 0.820.